The van der Waals surface area contributed by atoms with Crippen molar-refractivity contribution in [2.24, 2.45) is 0 Å². The van der Waals surface area contributed by atoms with Gasteiger partial charge in [-0.3, -0.25) is 0 Å². The molecule has 0 radical (unpaired) electrons. The number of hydrogen-bond donors (Lipinski definition) is 1. The number of hydrogen-bond acceptors (Lipinski definition) is 1. The van der Waals surface area contributed by atoms with Gasteiger partial charge in [-0.25, -0.2) is 0 Å². The molecule has 1 heterocycles. The molecule has 0 atom stereocenters. The van der Waals surface area contributed by atoms with Crippen molar-refractivity contribution in [1.82, 2.24) is 4.57 Å². The maximum absolute atomic E-state index is 4.35. The summed E-state index contributed by atoms with van der Waals surface area (Å²) in [7, 11) is 0. The molecule has 0 aliphatic carbocycles. The van der Waals surface area contributed by atoms with Crippen molar-refractivity contribution in [2.45, 2.75) is 0 Å². The molecule has 25 heavy (non-hydrogen) atoms. The Bertz CT molecular complexity index is 1010. The third-order valence-corrected chi connectivity index (χ3v) is 4.58. The minimum absolute atomic E-state index is 0.721. The van der Waals surface area contributed by atoms with Crippen LogP contribution >= 0.6 is 12.6 Å². The lowest BCUT2D eigenvalue weighted by Gasteiger charge is -2.12. The van der Waals surface area contributed by atoms with Crippen LogP contribution in [-0.4, -0.2) is 10.3 Å². The van der Waals surface area contributed by atoms with Crippen molar-refractivity contribution in [3.63, 3.8) is 0 Å². The highest BCUT2D eigenvalue weighted by atomic mass is 32.1. The van der Waals surface area contributed by atoms with Crippen LogP contribution in [-0.2, 0) is 0 Å². The van der Waals surface area contributed by atoms with Gasteiger partial charge in [0.15, 0.2) is 0 Å². The van der Waals surface area contributed by atoms with Crippen LogP contribution in [0.3, 0.4) is 0 Å². The van der Waals surface area contributed by atoms with Crippen LogP contribution in [0, 0.1) is 0 Å². The third kappa shape index (κ3) is 2.90. The lowest BCUT2D eigenvalue weighted by molar-refractivity contribution is 1.13. The smallest absolute Gasteiger partial charge is 0.0613 e. The SMILES string of the molecule is SCC=Cc1c(-c2ccccc2)n(-c2ccccc2)c2ccccc12. The summed E-state index contributed by atoms with van der Waals surface area (Å²) in [4.78, 5) is 0. The first-order valence-electron chi connectivity index (χ1n) is 8.42. The molecule has 3 aromatic carbocycles. The van der Waals surface area contributed by atoms with Crippen molar-refractivity contribution in [3.8, 4) is 16.9 Å². The van der Waals surface area contributed by atoms with E-state index in [-0.39, 0.29) is 0 Å². The Labute approximate surface area is 153 Å². The maximum Gasteiger partial charge on any atom is 0.0613 e. The molecule has 2 heteroatoms. The maximum atomic E-state index is 4.35. The van der Waals surface area contributed by atoms with Crippen molar-refractivity contribution in [3.05, 3.63) is 96.6 Å². The average molecular weight is 341 g/mol. The number of benzene rings is 3. The van der Waals surface area contributed by atoms with E-state index in [4.69, 9.17) is 0 Å². The predicted octanol–water partition coefficient (Wildman–Crippen LogP) is 6.24. The zero-order valence-corrected chi connectivity index (χ0v) is 14.7. The van der Waals surface area contributed by atoms with Gasteiger partial charge in [-0.1, -0.05) is 78.9 Å². The van der Waals surface area contributed by atoms with Crippen LogP contribution in [0.25, 0.3) is 33.9 Å². The summed E-state index contributed by atoms with van der Waals surface area (Å²) in [6, 6.07) is 29.7. The van der Waals surface area contributed by atoms with Crippen LogP contribution < -0.4 is 0 Å². The largest absolute Gasteiger partial charge is 0.309 e. The molecule has 0 unspecified atom stereocenters. The Balaban J connectivity index is 2.13. The van der Waals surface area contributed by atoms with Gasteiger partial charge in [-0.15, -0.1) is 0 Å². The normalized spacial score (nSPS) is 11.4. The summed E-state index contributed by atoms with van der Waals surface area (Å²) in [6.45, 7) is 0. The molecule has 0 saturated carbocycles. The summed E-state index contributed by atoms with van der Waals surface area (Å²) >= 11 is 4.35. The zero-order chi connectivity index (χ0) is 17.1. The van der Waals surface area contributed by atoms with E-state index in [0.29, 0.717) is 0 Å². The second kappa shape index (κ2) is 7.04. The van der Waals surface area contributed by atoms with Gasteiger partial charge in [0.1, 0.15) is 0 Å². The molecular formula is C23H19NS. The summed E-state index contributed by atoms with van der Waals surface area (Å²) in [5.41, 5.74) is 6.04. The molecule has 0 saturated heterocycles. The lowest BCUT2D eigenvalue weighted by Crippen LogP contribution is -1.97. The van der Waals surface area contributed by atoms with Crippen LogP contribution in [0.2, 0.25) is 0 Å². The van der Waals surface area contributed by atoms with E-state index in [1.807, 2.05) is 0 Å². The second-order valence-corrected chi connectivity index (χ2v) is 6.27. The van der Waals surface area contributed by atoms with Gasteiger partial charge in [-0.05, 0) is 23.8 Å². The summed E-state index contributed by atoms with van der Waals surface area (Å²) in [6.07, 6.45) is 4.30. The van der Waals surface area contributed by atoms with Gasteiger partial charge in [-0.2, -0.15) is 12.6 Å². The van der Waals surface area contributed by atoms with E-state index in [2.05, 4.69) is 114 Å². The van der Waals surface area contributed by atoms with Crippen LogP contribution in [0.15, 0.2) is 91.0 Å². The van der Waals surface area contributed by atoms with Gasteiger partial charge >= 0.3 is 0 Å². The van der Waals surface area contributed by atoms with E-state index >= 15 is 0 Å². The molecule has 4 aromatic rings. The highest BCUT2D eigenvalue weighted by molar-refractivity contribution is 7.80. The molecule has 0 bridgehead atoms. The van der Waals surface area contributed by atoms with E-state index in [1.165, 1.54) is 33.4 Å². The van der Waals surface area contributed by atoms with E-state index in [0.717, 1.165) is 5.75 Å². The number of aromatic nitrogens is 1. The predicted molar refractivity (Wildman–Crippen MR) is 112 cm³/mol. The minimum Gasteiger partial charge on any atom is -0.309 e. The standard InChI is InChI=1S/C23H19NS/c25-17-9-15-21-20-14-7-8-16-22(20)24(19-12-5-2-6-13-19)23(21)18-10-3-1-4-11-18/h1-16,25H,17H2. The van der Waals surface area contributed by atoms with E-state index in [1.54, 1.807) is 0 Å². The fraction of sp³-hybridized carbons (Fsp3) is 0.0435. The molecule has 1 aromatic heterocycles. The van der Waals surface area contributed by atoms with Crippen LogP contribution in [0.4, 0.5) is 0 Å². The summed E-state index contributed by atoms with van der Waals surface area (Å²) in [5.74, 6) is 0.721. The first-order chi connectivity index (χ1) is 12.4. The first kappa shape index (κ1) is 15.8. The molecule has 122 valence electrons. The Hall–Kier alpha value is -2.71. The minimum atomic E-state index is 0.721. The quantitative estimate of drug-likeness (QED) is 0.419. The summed E-state index contributed by atoms with van der Waals surface area (Å²) in [5, 5.41) is 1.25. The van der Waals surface area contributed by atoms with Gasteiger partial charge in [0.05, 0.1) is 11.2 Å². The number of nitrogens with zero attached hydrogens (tertiary/aromatic N) is 1. The highest BCUT2D eigenvalue weighted by Gasteiger charge is 2.17. The van der Waals surface area contributed by atoms with E-state index in [9.17, 15) is 0 Å². The molecule has 0 N–H and O–H groups in total. The van der Waals surface area contributed by atoms with Crippen molar-refractivity contribution in [1.29, 1.82) is 0 Å². The molecular weight excluding hydrogens is 322 g/mol. The highest BCUT2D eigenvalue weighted by Crippen LogP contribution is 2.37. The van der Waals surface area contributed by atoms with Crippen LogP contribution in [0.1, 0.15) is 5.56 Å². The number of thiol groups is 1. The number of para-hydroxylation sites is 2. The topological polar surface area (TPSA) is 4.93 Å². The third-order valence-electron chi connectivity index (χ3n) is 4.37. The van der Waals surface area contributed by atoms with Gasteiger partial charge < -0.3 is 4.57 Å². The summed E-state index contributed by atoms with van der Waals surface area (Å²) < 4.78 is 2.35. The molecule has 4 rings (SSSR count). The average Bonchev–Trinajstić information content (AvgIpc) is 3.02. The van der Waals surface area contributed by atoms with Gasteiger partial charge in [0.25, 0.3) is 0 Å². The lowest BCUT2D eigenvalue weighted by atomic mass is 10.0. The Morgan fingerprint density at radius 1 is 0.760 bits per heavy atom. The fourth-order valence-corrected chi connectivity index (χ4v) is 3.44. The zero-order valence-electron chi connectivity index (χ0n) is 13.8. The molecule has 0 aliphatic heterocycles. The monoisotopic (exact) mass is 341 g/mol. The molecule has 0 spiro atoms. The number of rotatable bonds is 4. The number of fused-ring (bicyclic) bond motifs is 1. The van der Waals surface area contributed by atoms with E-state index < -0.39 is 0 Å². The molecule has 0 aliphatic rings. The van der Waals surface area contributed by atoms with Crippen molar-refractivity contribution < 1.29 is 0 Å². The molecule has 1 nitrogen and oxygen atoms in total. The Morgan fingerprint density at radius 3 is 2.12 bits per heavy atom. The molecule has 0 fully saturated rings. The Kier molecular flexibility index (Phi) is 4.45. The van der Waals surface area contributed by atoms with Gasteiger partial charge in [0, 0.05) is 22.4 Å². The fourth-order valence-electron chi connectivity index (χ4n) is 3.33. The van der Waals surface area contributed by atoms with Crippen LogP contribution in [0.5, 0.6) is 0 Å². The van der Waals surface area contributed by atoms with Crippen molar-refractivity contribution >= 4 is 29.6 Å². The Morgan fingerprint density at radius 2 is 1.40 bits per heavy atom. The first-order valence-corrected chi connectivity index (χ1v) is 9.05. The molecule has 0 amide bonds. The van der Waals surface area contributed by atoms with Gasteiger partial charge in [0.2, 0.25) is 0 Å². The second-order valence-electron chi connectivity index (χ2n) is 5.90. The van der Waals surface area contributed by atoms with Crippen molar-refractivity contribution in [2.75, 3.05) is 5.75 Å².